The Morgan fingerprint density at radius 3 is 2.74 bits per heavy atom. The molecule has 0 aromatic carbocycles. The van der Waals surface area contributed by atoms with Crippen LogP contribution in [-0.4, -0.2) is 36.2 Å². The van der Waals surface area contributed by atoms with Crippen molar-refractivity contribution in [1.82, 2.24) is 15.1 Å². The Balaban J connectivity index is 2.96. The standard InChI is InChI=1S/C11H17BrF3N3O/c1-3-16-9(6-11(13,14)15)10-8(12)7-17-18(10)4-5-19-2/h7,9,16H,3-6H2,1-2H3. The molecule has 0 spiro atoms. The van der Waals surface area contributed by atoms with E-state index in [1.807, 2.05) is 0 Å². The molecule has 0 aliphatic carbocycles. The van der Waals surface area contributed by atoms with E-state index in [9.17, 15) is 13.2 Å². The van der Waals surface area contributed by atoms with Crippen LogP contribution in [0.25, 0.3) is 0 Å². The van der Waals surface area contributed by atoms with Gasteiger partial charge < -0.3 is 10.1 Å². The van der Waals surface area contributed by atoms with Gasteiger partial charge in [0.1, 0.15) is 0 Å². The molecule has 1 N–H and O–H groups in total. The van der Waals surface area contributed by atoms with E-state index >= 15 is 0 Å². The molecule has 0 saturated heterocycles. The molecule has 4 nitrogen and oxygen atoms in total. The molecule has 1 aromatic heterocycles. The number of nitrogens with zero attached hydrogens (tertiary/aromatic N) is 2. The lowest BCUT2D eigenvalue weighted by molar-refractivity contribution is -0.140. The molecule has 110 valence electrons. The van der Waals surface area contributed by atoms with Crippen molar-refractivity contribution in [2.24, 2.45) is 0 Å². The van der Waals surface area contributed by atoms with Crippen molar-refractivity contribution >= 4 is 15.9 Å². The maximum Gasteiger partial charge on any atom is 0.390 e. The lowest BCUT2D eigenvalue weighted by Gasteiger charge is -2.21. The first-order valence-corrected chi connectivity index (χ1v) is 6.68. The average molecular weight is 344 g/mol. The summed E-state index contributed by atoms with van der Waals surface area (Å²) in [6, 6.07) is -0.821. The van der Waals surface area contributed by atoms with Crippen molar-refractivity contribution in [1.29, 1.82) is 0 Å². The summed E-state index contributed by atoms with van der Waals surface area (Å²) in [7, 11) is 1.54. The minimum absolute atomic E-state index is 0.395. The second kappa shape index (κ2) is 7.25. The van der Waals surface area contributed by atoms with Gasteiger partial charge in [-0.3, -0.25) is 4.68 Å². The molecule has 1 aromatic rings. The molecule has 1 atom stereocenters. The van der Waals surface area contributed by atoms with Gasteiger partial charge in [0.15, 0.2) is 0 Å². The highest BCUT2D eigenvalue weighted by Gasteiger charge is 2.34. The first kappa shape index (κ1) is 16.5. The first-order valence-electron chi connectivity index (χ1n) is 5.89. The predicted octanol–water partition coefficient (Wildman–Crippen LogP) is 2.90. The van der Waals surface area contributed by atoms with Gasteiger partial charge in [-0.2, -0.15) is 18.3 Å². The molecule has 1 rings (SSSR count). The van der Waals surface area contributed by atoms with Gasteiger partial charge in [-0.1, -0.05) is 6.92 Å². The van der Waals surface area contributed by atoms with Crippen LogP contribution in [0.2, 0.25) is 0 Å². The topological polar surface area (TPSA) is 39.1 Å². The van der Waals surface area contributed by atoms with Crippen LogP contribution >= 0.6 is 15.9 Å². The van der Waals surface area contributed by atoms with Gasteiger partial charge in [-0.25, -0.2) is 0 Å². The Morgan fingerprint density at radius 1 is 1.53 bits per heavy atom. The summed E-state index contributed by atoms with van der Waals surface area (Å²) < 4.78 is 44.9. The molecule has 1 heterocycles. The van der Waals surface area contributed by atoms with Gasteiger partial charge in [0.2, 0.25) is 0 Å². The Morgan fingerprint density at radius 2 is 2.21 bits per heavy atom. The van der Waals surface area contributed by atoms with Crippen LogP contribution in [0.15, 0.2) is 10.7 Å². The summed E-state index contributed by atoms with van der Waals surface area (Å²) >= 11 is 3.26. The smallest absolute Gasteiger partial charge is 0.383 e. The van der Waals surface area contributed by atoms with E-state index in [1.54, 1.807) is 6.92 Å². The third kappa shape index (κ3) is 5.12. The summed E-state index contributed by atoms with van der Waals surface area (Å²) in [5.74, 6) is 0. The molecular formula is C11H17BrF3N3O. The van der Waals surface area contributed by atoms with Gasteiger partial charge in [-0.15, -0.1) is 0 Å². The van der Waals surface area contributed by atoms with Crippen LogP contribution in [0.3, 0.4) is 0 Å². The van der Waals surface area contributed by atoms with Gasteiger partial charge in [0.25, 0.3) is 0 Å². The average Bonchev–Trinajstić information content (AvgIpc) is 2.65. The van der Waals surface area contributed by atoms with Crippen LogP contribution in [-0.2, 0) is 11.3 Å². The zero-order chi connectivity index (χ0) is 14.5. The van der Waals surface area contributed by atoms with Gasteiger partial charge in [0, 0.05) is 7.11 Å². The third-order valence-electron chi connectivity index (χ3n) is 2.56. The quantitative estimate of drug-likeness (QED) is 0.827. The highest BCUT2D eigenvalue weighted by Crippen LogP contribution is 2.32. The molecule has 0 amide bonds. The number of aromatic nitrogens is 2. The van der Waals surface area contributed by atoms with Crippen molar-refractivity contribution in [2.75, 3.05) is 20.3 Å². The summed E-state index contributed by atoms with van der Waals surface area (Å²) in [6.45, 7) is 3.03. The number of nitrogens with one attached hydrogen (secondary N) is 1. The molecule has 8 heteroatoms. The zero-order valence-electron chi connectivity index (χ0n) is 10.8. The van der Waals surface area contributed by atoms with Crippen LogP contribution < -0.4 is 5.32 Å². The van der Waals surface area contributed by atoms with Crippen LogP contribution in [0.1, 0.15) is 25.1 Å². The Labute approximate surface area is 118 Å². The van der Waals surface area contributed by atoms with Crippen molar-refractivity contribution in [2.45, 2.75) is 32.1 Å². The van der Waals surface area contributed by atoms with E-state index in [-0.39, 0.29) is 0 Å². The highest BCUT2D eigenvalue weighted by molar-refractivity contribution is 9.10. The first-order chi connectivity index (χ1) is 8.89. The molecule has 0 bridgehead atoms. The van der Waals surface area contributed by atoms with Crippen molar-refractivity contribution in [3.8, 4) is 0 Å². The molecule has 0 aliphatic rings. The van der Waals surface area contributed by atoms with E-state index in [1.165, 1.54) is 18.0 Å². The van der Waals surface area contributed by atoms with Gasteiger partial charge in [-0.05, 0) is 22.5 Å². The normalized spacial score (nSPS) is 13.8. The fourth-order valence-electron chi connectivity index (χ4n) is 1.82. The van der Waals surface area contributed by atoms with E-state index in [0.29, 0.717) is 29.9 Å². The second-order valence-electron chi connectivity index (χ2n) is 4.02. The van der Waals surface area contributed by atoms with E-state index in [2.05, 4.69) is 26.3 Å². The molecule has 0 aliphatic heterocycles. The molecule has 1 unspecified atom stereocenters. The zero-order valence-corrected chi connectivity index (χ0v) is 12.4. The predicted molar refractivity (Wildman–Crippen MR) is 68.9 cm³/mol. The van der Waals surface area contributed by atoms with E-state index < -0.39 is 18.6 Å². The maximum absolute atomic E-state index is 12.6. The monoisotopic (exact) mass is 343 g/mol. The van der Waals surface area contributed by atoms with Crippen LogP contribution in [0.5, 0.6) is 0 Å². The summed E-state index contributed by atoms with van der Waals surface area (Å²) in [5.41, 5.74) is 0.497. The van der Waals surface area contributed by atoms with Crippen molar-refractivity contribution in [3.63, 3.8) is 0 Å². The summed E-state index contributed by atoms with van der Waals surface area (Å²) in [5, 5.41) is 6.92. The second-order valence-corrected chi connectivity index (χ2v) is 4.88. The summed E-state index contributed by atoms with van der Waals surface area (Å²) in [6.07, 6.45) is -3.66. The largest absolute Gasteiger partial charge is 0.390 e. The lowest BCUT2D eigenvalue weighted by atomic mass is 10.1. The summed E-state index contributed by atoms with van der Waals surface area (Å²) in [4.78, 5) is 0. The number of rotatable bonds is 7. The number of hydrogen-bond acceptors (Lipinski definition) is 3. The van der Waals surface area contributed by atoms with Gasteiger partial charge in [0.05, 0.1) is 42.0 Å². The van der Waals surface area contributed by atoms with Gasteiger partial charge >= 0.3 is 6.18 Å². The molecule has 0 fully saturated rings. The van der Waals surface area contributed by atoms with Crippen molar-refractivity contribution in [3.05, 3.63) is 16.4 Å². The molecule has 19 heavy (non-hydrogen) atoms. The fraction of sp³-hybridized carbons (Fsp3) is 0.727. The van der Waals surface area contributed by atoms with Crippen LogP contribution in [0.4, 0.5) is 13.2 Å². The van der Waals surface area contributed by atoms with Crippen molar-refractivity contribution < 1.29 is 17.9 Å². The molecular weight excluding hydrogens is 327 g/mol. The van der Waals surface area contributed by atoms with E-state index in [4.69, 9.17) is 4.74 Å². The Kier molecular flexibility index (Phi) is 6.28. The SMILES string of the molecule is CCNC(CC(F)(F)F)c1c(Br)cnn1CCOC. The minimum Gasteiger partial charge on any atom is -0.383 e. The highest BCUT2D eigenvalue weighted by atomic mass is 79.9. The number of ether oxygens (including phenoxy) is 1. The lowest BCUT2D eigenvalue weighted by Crippen LogP contribution is -2.29. The Hall–Kier alpha value is -0.600. The number of hydrogen-bond donors (Lipinski definition) is 1. The fourth-order valence-corrected chi connectivity index (χ4v) is 2.39. The minimum atomic E-state index is -4.23. The Bertz CT molecular complexity index is 395. The van der Waals surface area contributed by atoms with E-state index in [0.717, 1.165) is 0 Å². The number of methoxy groups -OCH3 is 1. The maximum atomic E-state index is 12.6. The van der Waals surface area contributed by atoms with Crippen LogP contribution in [0, 0.1) is 0 Å². The number of halogens is 4. The molecule has 0 saturated carbocycles. The third-order valence-corrected chi connectivity index (χ3v) is 3.17. The number of alkyl halides is 3. The molecule has 0 radical (unpaired) electrons.